The number of aromatic nitrogens is 1. The first-order chi connectivity index (χ1) is 9.39. The smallest absolute Gasteiger partial charge is 0.410 e. The predicted octanol–water partition coefficient (Wildman–Crippen LogP) is 2.18. The molecule has 0 bridgehead atoms. The van der Waals surface area contributed by atoms with Crippen molar-refractivity contribution >= 4 is 12.3 Å². The van der Waals surface area contributed by atoms with Crippen LogP contribution in [0.25, 0.3) is 0 Å². The van der Waals surface area contributed by atoms with Crippen LogP contribution < -0.4 is 0 Å². The van der Waals surface area contributed by atoms with Crippen LogP contribution >= 0.6 is 0 Å². The Kier molecular flexibility index (Phi) is 3.92. The van der Waals surface area contributed by atoms with E-state index < -0.39 is 5.60 Å². The second kappa shape index (κ2) is 5.48. The number of pyridine rings is 1. The van der Waals surface area contributed by atoms with Crippen LogP contribution in [-0.4, -0.2) is 39.5 Å². The van der Waals surface area contributed by atoms with Gasteiger partial charge in [-0.05, 0) is 44.4 Å². The van der Waals surface area contributed by atoms with Crippen molar-refractivity contribution in [2.24, 2.45) is 5.16 Å². The van der Waals surface area contributed by atoms with Crippen LogP contribution in [-0.2, 0) is 17.7 Å². The van der Waals surface area contributed by atoms with E-state index in [0.29, 0.717) is 18.8 Å². The van der Waals surface area contributed by atoms with Crippen LogP contribution in [0, 0.1) is 0 Å². The van der Waals surface area contributed by atoms with Gasteiger partial charge in [-0.1, -0.05) is 5.16 Å². The molecule has 0 saturated carbocycles. The highest BCUT2D eigenvalue weighted by atomic mass is 16.6. The number of hydrogen-bond donors (Lipinski definition) is 1. The Hall–Kier alpha value is -2.11. The highest BCUT2D eigenvalue weighted by molar-refractivity contribution is 5.77. The van der Waals surface area contributed by atoms with Gasteiger partial charge in [-0.2, -0.15) is 0 Å². The lowest BCUT2D eigenvalue weighted by Crippen LogP contribution is -2.40. The normalized spacial score (nSPS) is 15.2. The second-order valence-electron chi connectivity index (χ2n) is 5.77. The maximum Gasteiger partial charge on any atom is 0.410 e. The first-order valence-electron chi connectivity index (χ1n) is 6.52. The van der Waals surface area contributed by atoms with Gasteiger partial charge in [-0.3, -0.25) is 4.98 Å². The second-order valence-corrected chi connectivity index (χ2v) is 5.77. The molecule has 6 nitrogen and oxygen atoms in total. The van der Waals surface area contributed by atoms with E-state index in [0.717, 1.165) is 17.5 Å². The molecule has 6 heteroatoms. The number of fused-ring (bicyclic) bond motifs is 1. The Morgan fingerprint density at radius 1 is 1.50 bits per heavy atom. The molecule has 1 N–H and O–H groups in total. The largest absolute Gasteiger partial charge is 0.444 e. The number of rotatable bonds is 1. The minimum Gasteiger partial charge on any atom is -0.444 e. The van der Waals surface area contributed by atoms with Crippen LogP contribution in [0.15, 0.2) is 17.4 Å². The number of oxime groups is 1. The van der Waals surface area contributed by atoms with Crippen molar-refractivity contribution < 1.29 is 14.7 Å². The number of carbonyl (C=O) groups excluding carboxylic acids is 1. The van der Waals surface area contributed by atoms with Gasteiger partial charge in [-0.25, -0.2) is 4.79 Å². The zero-order valence-corrected chi connectivity index (χ0v) is 12.0. The summed E-state index contributed by atoms with van der Waals surface area (Å²) in [5, 5.41) is 11.5. The van der Waals surface area contributed by atoms with E-state index in [2.05, 4.69) is 10.1 Å². The summed E-state index contributed by atoms with van der Waals surface area (Å²) < 4.78 is 5.37. The summed E-state index contributed by atoms with van der Waals surface area (Å²) in [6, 6.07) is 1.82. The lowest BCUT2D eigenvalue weighted by molar-refractivity contribution is 0.0224. The fourth-order valence-electron chi connectivity index (χ4n) is 2.07. The molecule has 1 aliphatic heterocycles. The minimum absolute atomic E-state index is 0.308. The lowest BCUT2D eigenvalue weighted by Gasteiger charge is -2.31. The Morgan fingerprint density at radius 2 is 2.25 bits per heavy atom. The summed E-state index contributed by atoms with van der Waals surface area (Å²) in [6.45, 7) is 6.66. The highest BCUT2D eigenvalue weighted by Gasteiger charge is 2.25. The number of amides is 1. The van der Waals surface area contributed by atoms with Crippen molar-refractivity contribution in [1.82, 2.24) is 9.88 Å². The topological polar surface area (TPSA) is 75.0 Å². The molecule has 1 aromatic heterocycles. The molecule has 0 spiro atoms. The molecular formula is C14H19N3O3. The fraction of sp³-hybridized carbons (Fsp3) is 0.500. The van der Waals surface area contributed by atoms with Gasteiger partial charge >= 0.3 is 6.09 Å². The molecule has 0 aromatic carbocycles. The van der Waals surface area contributed by atoms with Gasteiger partial charge in [-0.15, -0.1) is 0 Å². The van der Waals surface area contributed by atoms with Crippen LogP contribution in [0.1, 0.15) is 37.6 Å². The van der Waals surface area contributed by atoms with E-state index in [1.165, 1.54) is 6.21 Å². The zero-order chi connectivity index (χ0) is 14.8. The third-order valence-electron chi connectivity index (χ3n) is 2.96. The molecule has 1 aromatic rings. The molecular weight excluding hydrogens is 258 g/mol. The molecule has 2 rings (SSSR count). The van der Waals surface area contributed by atoms with Crippen molar-refractivity contribution in [3.05, 3.63) is 29.1 Å². The molecule has 0 saturated heterocycles. The Balaban J connectivity index is 2.13. The summed E-state index contributed by atoms with van der Waals surface area (Å²) in [5.41, 5.74) is 2.19. The van der Waals surface area contributed by atoms with Gasteiger partial charge in [0.15, 0.2) is 0 Å². The van der Waals surface area contributed by atoms with Gasteiger partial charge in [0.2, 0.25) is 0 Å². The van der Waals surface area contributed by atoms with Crippen LogP contribution in [0.4, 0.5) is 4.79 Å². The van der Waals surface area contributed by atoms with Gasteiger partial charge in [0.25, 0.3) is 0 Å². The minimum atomic E-state index is -0.496. The zero-order valence-electron chi connectivity index (χ0n) is 12.0. The molecule has 0 aliphatic carbocycles. The Labute approximate surface area is 118 Å². The van der Waals surface area contributed by atoms with Gasteiger partial charge in [0.1, 0.15) is 5.60 Å². The first kappa shape index (κ1) is 14.3. The number of hydrogen-bond acceptors (Lipinski definition) is 5. The Morgan fingerprint density at radius 3 is 2.90 bits per heavy atom. The summed E-state index contributed by atoms with van der Waals surface area (Å²) >= 11 is 0. The van der Waals surface area contributed by atoms with E-state index in [1.54, 1.807) is 11.1 Å². The molecule has 0 unspecified atom stereocenters. The van der Waals surface area contributed by atoms with E-state index in [9.17, 15) is 4.79 Å². The highest BCUT2D eigenvalue weighted by Crippen LogP contribution is 2.20. The van der Waals surface area contributed by atoms with E-state index in [4.69, 9.17) is 9.94 Å². The molecule has 0 atom stereocenters. The van der Waals surface area contributed by atoms with E-state index in [-0.39, 0.29) is 6.09 Å². The summed E-state index contributed by atoms with van der Waals surface area (Å²) in [5.74, 6) is 0. The molecule has 1 aliphatic rings. The van der Waals surface area contributed by atoms with Crippen molar-refractivity contribution in [3.63, 3.8) is 0 Å². The summed E-state index contributed by atoms with van der Waals surface area (Å²) in [4.78, 5) is 17.9. The lowest BCUT2D eigenvalue weighted by atomic mass is 10.0. The average Bonchev–Trinajstić information content (AvgIpc) is 2.36. The predicted molar refractivity (Wildman–Crippen MR) is 74.0 cm³/mol. The maximum atomic E-state index is 12.1. The SMILES string of the molecule is CC(C)(C)OC(=O)N1CCc2cnc(/C=N/O)cc2C1. The van der Waals surface area contributed by atoms with Gasteiger partial charge < -0.3 is 14.8 Å². The molecule has 1 amide bonds. The third-order valence-corrected chi connectivity index (χ3v) is 2.96. The van der Waals surface area contributed by atoms with Crippen LogP contribution in [0.2, 0.25) is 0 Å². The van der Waals surface area contributed by atoms with Gasteiger partial charge in [0.05, 0.1) is 11.9 Å². The van der Waals surface area contributed by atoms with E-state index >= 15 is 0 Å². The standard InChI is InChI=1S/C14H19N3O3/c1-14(2,3)20-13(18)17-5-4-10-7-15-12(8-16-19)6-11(10)9-17/h6-8,19H,4-5,9H2,1-3H3/b16-8+. The van der Waals surface area contributed by atoms with Crippen LogP contribution in [0.5, 0.6) is 0 Å². The summed E-state index contributed by atoms with van der Waals surface area (Å²) in [6.07, 6.45) is 3.47. The van der Waals surface area contributed by atoms with Crippen LogP contribution in [0.3, 0.4) is 0 Å². The monoisotopic (exact) mass is 277 g/mol. The maximum absolute atomic E-state index is 12.1. The molecule has 0 radical (unpaired) electrons. The number of ether oxygens (including phenoxy) is 1. The molecule has 0 fully saturated rings. The van der Waals surface area contributed by atoms with Crippen molar-refractivity contribution in [1.29, 1.82) is 0 Å². The fourth-order valence-corrected chi connectivity index (χ4v) is 2.07. The molecule has 2 heterocycles. The number of carbonyl (C=O) groups is 1. The van der Waals surface area contributed by atoms with Crippen molar-refractivity contribution in [3.8, 4) is 0 Å². The first-order valence-corrected chi connectivity index (χ1v) is 6.52. The number of nitrogens with zero attached hydrogens (tertiary/aromatic N) is 3. The average molecular weight is 277 g/mol. The van der Waals surface area contributed by atoms with E-state index in [1.807, 2.05) is 26.8 Å². The Bertz CT molecular complexity index is 535. The van der Waals surface area contributed by atoms with Gasteiger partial charge in [0, 0.05) is 19.3 Å². The third kappa shape index (κ3) is 3.46. The van der Waals surface area contributed by atoms with Crippen molar-refractivity contribution in [2.45, 2.75) is 39.3 Å². The molecule has 20 heavy (non-hydrogen) atoms. The quantitative estimate of drug-likeness (QED) is 0.485. The molecule has 108 valence electrons. The van der Waals surface area contributed by atoms with Crippen molar-refractivity contribution in [2.75, 3.05) is 6.54 Å². The summed E-state index contributed by atoms with van der Waals surface area (Å²) in [7, 11) is 0.